The normalized spacial score (nSPS) is 10.6. The number of nitrogens with zero attached hydrogens (tertiary/aromatic N) is 2. The third kappa shape index (κ3) is 2.27. The van der Waals surface area contributed by atoms with Crippen molar-refractivity contribution in [3.05, 3.63) is 72.2 Å². The van der Waals surface area contributed by atoms with Gasteiger partial charge in [-0.05, 0) is 37.3 Å². The van der Waals surface area contributed by atoms with Gasteiger partial charge in [-0.1, -0.05) is 30.3 Å². The van der Waals surface area contributed by atoms with E-state index in [2.05, 4.69) is 5.10 Å². The van der Waals surface area contributed by atoms with Crippen molar-refractivity contribution in [2.75, 3.05) is 0 Å². The molecule has 3 aromatic rings. The molecule has 0 radical (unpaired) electrons. The van der Waals surface area contributed by atoms with E-state index in [9.17, 15) is 4.39 Å². The zero-order valence-electron chi connectivity index (χ0n) is 10.5. The zero-order valence-corrected chi connectivity index (χ0v) is 10.5. The Labute approximate surface area is 111 Å². The van der Waals surface area contributed by atoms with Gasteiger partial charge in [-0.15, -0.1) is 0 Å². The lowest BCUT2D eigenvalue weighted by Crippen LogP contribution is -1.99. The minimum Gasteiger partial charge on any atom is -0.233 e. The van der Waals surface area contributed by atoms with Gasteiger partial charge >= 0.3 is 0 Å². The number of halogens is 1. The number of hydrogen-bond acceptors (Lipinski definition) is 1. The van der Waals surface area contributed by atoms with E-state index in [4.69, 9.17) is 0 Å². The summed E-state index contributed by atoms with van der Waals surface area (Å²) in [5.41, 5.74) is 3.88. The van der Waals surface area contributed by atoms with Gasteiger partial charge in [0.1, 0.15) is 5.82 Å². The average molecular weight is 252 g/mol. The van der Waals surface area contributed by atoms with Gasteiger partial charge in [-0.2, -0.15) is 5.10 Å². The van der Waals surface area contributed by atoms with Crippen LogP contribution in [0.15, 0.2) is 60.7 Å². The molecule has 0 unspecified atom stereocenters. The van der Waals surface area contributed by atoms with Crippen LogP contribution in [0.5, 0.6) is 0 Å². The molecular weight excluding hydrogens is 239 g/mol. The third-order valence-electron chi connectivity index (χ3n) is 2.97. The van der Waals surface area contributed by atoms with Crippen molar-refractivity contribution in [1.29, 1.82) is 0 Å². The Morgan fingerprint density at radius 3 is 2.32 bits per heavy atom. The van der Waals surface area contributed by atoms with Crippen molar-refractivity contribution in [3.8, 4) is 16.9 Å². The first kappa shape index (κ1) is 11.7. The topological polar surface area (TPSA) is 17.8 Å². The van der Waals surface area contributed by atoms with Crippen LogP contribution in [0, 0.1) is 12.7 Å². The zero-order chi connectivity index (χ0) is 13.2. The van der Waals surface area contributed by atoms with E-state index in [1.165, 1.54) is 12.1 Å². The second kappa shape index (κ2) is 4.69. The number of rotatable bonds is 2. The van der Waals surface area contributed by atoms with Crippen LogP contribution >= 0.6 is 0 Å². The van der Waals surface area contributed by atoms with E-state index in [1.54, 1.807) is 12.1 Å². The van der Waals surface area contributed by atoms with Gasteiger partial charge in [0.2, 0.25) is 0 Å². The molecule has 0 fully saturated rings. The Morgan fingerprint density at radius 2 is 1.63 bits per heavy atom. The Morgan fingerprint density at radius 1 is 0.947 bits per heavy atom. The van der Waals surface area contributed by atoms with Crippen molar-refractivity contribution in [2.24, 2.45) is 0 Å². The number of benzene rings is 2. The Balaban J connectivity index is 2.15. The summed E-state index contributed by atoms with van der Waals surface area (Å²) in [6.45, 7) is 1.95. The minimum atomic E-state index is -0.242. The van der Waals surface area contributed by atoms with Gasteiger partial charge in [-0.3, -0.25) is 0 Å². The SMILES string of the molecule is Cc1cc(-c2ccccc2)n(-c2ccc(F)cc2)n1. The fourth-order valence-electron chi connectivity index (χ4n) is 2.09. The molecule has 19 heavy (non-hydrogen) atoms. The standard InChI is InChI=1S/C16H13FN2/c1-12-11-16(13-5-3-2-4-6-13)19(18-12)15-9-7-14(17)8-10-15/h2-11H,1H3. The molecule has 0 saturated carbocycles. The molecule has 0 saturated heterocycles. The second-order valence-electron chi connectivity index (χ2n) is 4.43. The Hall–Kier alpha value is -2.42. The summed E-state index contributed by atoms with van der Waals surface area (Å²) in [6, 6.07) is 18.4. The third-order valence-corrected chi connectivity index (χ3v) is 2.97. The van der Waals surface area contributed by atoms with Crippen molar-refractivity contribution in [3.63, 3.8) is 0 Å². The van der Waals surface area contributed by atoms with Gasteiger partial charge in [0.05, 0.1) is 17.1 Å². The molecule has 0 aliphatic heterocycles. The van der Waals surface area contributed by atoms with Gasteiger partial charge in [-0.25, -0.2) is 9.07 Å². The summed E-state index contributed by atoms with van der Waals surface area (Å²) in [4.78, 5) is 0. The minimum absolute atomic E-state index is 0.242. The summed E-state index contributed by atoms with van der Waals surface area (Å²) in [6.07, 6.45) is 0. The lowest BCUT2D eigenvalue weighted by molar-refractivity contribution is 0.627. The molecule has 1 heterocycles. The molecule has 0 aliphatic carbocycles. The first-order valence-electron chi connectivity index (χ1n) is 6.12. The van der Waals surface area contributed by atoms with Crippen LogP contribution in [0.3, 0.4) is 0 Å². The Kier molecular flexibility index (Phi) is 2.88. The molecule has 2 nitrogen and oxygen atoms in total. The predicted octanol–water partition coefficient (Wildman–Crippen LogP) is 3.99. The van der Waals surface area contributed by atoms with E-state index >= 15 is 0 Å². The van der Waals surface area contributed by atoms with E-state index in [0.29, 0.717) is 0 Å². The van der Waals surface area contributed by atoms with Crippen LogP contribution in [0.25, 0.3) is 16.9 Å². The van der Waals surface area contributed by atoms with Crippen molar-refractivity contribution in [2.45, 2.75) is 6.92 Å². The van der Waals surface area contributed by atoms with Crippen molar-refractivity contribution >= 4 is 0 Å². The lowest BCUT2D eigenvalue weighted by atomic mass is 10.1. The summed E-state index contributed by atoms with van der Waals surface area (Å²) in [5, 5.41) is 4.48. The highest BCUT2D eigenvalue weighted by Crippen LogP contribution is 2.23. The van der Waals surface area contributed by atoms with E-state index < -0.39 is 0 Å². The quantitative estimate of drug-likeness (QED) is 0.674. The predicted molar refractivity (Wildman–Crippen MR) is 73.7 cm³/mol. The maximum Gasteiger partial charge on any atom is 0.123 e. The summed E-state index contributed by atoms with van der Waals surface area (Å²) in [5.74, 6) is -0.242. The number of aromatic nitrogens is 2. The van der Waals surface area contributed by atoms with Crippen LogP contribution in [0.2, 0.25) is 0 Å². The highest BCUT2D eigenvalue weighted by molar-refractivity contribution is 5.62. The van der Waals surface area contributed by atoms with Gasteiger partial charge < -0.3 is 0 Å². The van der Waals surface area contributed by atoms with Gasteiger partial charge in [0.15, 0.2) is 0 Å². The highest BCUT2D eigenvalue weighted by Gasteiger charge is 2.09. The number of hydrogen-bond donors (Lipinski definition) is 0. The molecule has 0 N–H and O–H groups in total. The van der Waals surface area contributed by atoms with E-state index in [1.807, 2.05) is 48.0 Å². The summed E-state index contributed by atoms with van der Waals surface area (Å²) in [7, 11) is 0. The monoisotopic (exact) mass is 252 g/mol. The van der Waals surface area contributed by atoms with Crippen molar-refractivity contribution in [1.82, 2.24) is 9.78 Å². The van der Waals surface area contributed by atoms with Crippen LogP contribution in [0.4, 0.5) is 4.39 Å². The van der Waals surface area contributed by atoms with Gasteiger partial charge in [0, 0.05) is 5.56 Å². The number of aryl methyl sites for hydroxylation is 1. The lowest BCUT2D eigenvalue weighted by Gasteiger charge is -2.07. The van der Waals surface area contributed by atoms with Crippen LogP contribution in [-0.4, -0.2) is 9.78 Å². The van der Waals surface area contributed by atoms with E-state index in [0.717, 1.165) is 22.6 Å². The second-order valence-corrected chi connectivity index (χ2v) is 4.43. The molecule has 0 atom stereocenters. The molecule has 3 heteroatoms. The molecule has 0 amide bonds. The van der Waals surface area contributed by atoms with Crippen LogP contribution in [-0.2, 0) is 0 Å². The average Bonchev–Trinajstić information content (AvgIpc) is 2.83. The maximum absolute atomic E-state index is 13.0. The van der Waals surface area contributed by atoms with Crippen LogP contribution < -0.4 is 0 Å². The molecule has 1 aromatic heterocycles. The molecule has 0 bridgehead atoms. The highest BCUT2D eigenvalue weighted by atomic mass is 19.1. The first-order chi connectivity index (χ1) is 9.24. The fourth-order valence-corrected chi connectivity index (χ4v) is 2.09. The molecule has 2 aromatic carbocycles. The fraction of sp³-hybridized carbons (Fsp3) is 0.0625. The molecular formula is C16H13FN2. The molecule has 0 spiro atoms. The van der Waals surface area contributed by atoms with Crippen molar-refractivity contribution < 1.29 is 4.39 Å². The summed E-state index contributed by atoms with van der Waals surface area (Å²) < 4.78 is 14.8. The van der Waals surface area contributed by atoms with E-state index in [-0.39, 0.29) is 5.82 Å². The largest absolute Gasteiger partial charge is 0.233 e. The van der Waals surface area contributed by atoms with Gasteiger partial charge in [0.25, 0.3) is 0 Å². The first-order valence-corrected chi connectivity index (χ1v) is 6.12. The smallest absolute Gasteiger partial charge is 0.123 e. The molecule has 3 rings (SSSR count). The Bertz CT molecular complexity index is 685. The van der Waals surface area contributed by atoms with Crippen LogP contribution in [0.1, 0.15) is 5.69 Å². The summed E-state index contributed by atoms with van der Waals surface area (Å²) >= 11 is 0. The molecule has 0 aliphatic rings. The maximum atomic E-state index is 13.0. The molecule has 94 valence electrons.